The van der Waals surface area contributed by atoms with Gasteiger partial charge in [0.2, 0.25) is 0 Å². The summed E-state index contributed by atoms with van der Waals surface area (Å²) in [7, 11) is 0. The zero-order chi connectivity index (χ0) is 18.4. The highest BCUT2D eigenvalue weighted by Gasteiger charge is 2.15. The number of rotatable bonds is 4. The van der Waals surface area contributed by atoms with Crippen molar-refractivity contribution < 1.29 is 14.7 Å². The molecule has 0 aliphatic carbocycles. The van der Waals surface area contributed by atoms with Crippen molar-refractivity contribution in [2.24, 2.45) is 0 Å². The summed E-state index contributed by atoms with van der Waals surface area (Å²) in [5, 5.41) is 14.4. The number of carbonyl (C=O) groups is 2. The molecule has 0 aliphatic rings. The van der Waals surface area contributed by atoms with E-state index < -0.39 is 11.8 Å². The highest BCUT2D eigenvalue weighted by molar-refractivity contribution is 6.39. The van der Waals surface area contributed by atoms with Crippen molar-refractivity contribution in [3.8, 4) is 5.75 Å². The maximum atomic E-state index is 11.9. The molecule has 25 heavy (non-hydrogen) atoms. The molecule has 5 heteroatoms. The van der Waals surface area contributed by atoms with E-state index in [1.165, 1.54) is 0 Å². The van der Waals surface area contributed by atoms with E-state index >= 15 is 0 Å². The molecule has 0 aromatic heterocycles. The molecular formula is C20H24N2O3. The van der Waals surface area contributed by atoms with Gasteiger partial charge in [-0.3, -0.25) is 9.59 Å². The lowest BCUT2D eigenvalue weighted by atomic mass is 9.87. The molecule has 2 amide bonds. The highest BCUT2D eigenvalue weighted by atomic mass is 16.3. The van der Waals surface area contributed by atoms with E-state index in [4.69, 9.17) is 0 Å². The Kier molecular flexibility index (Phi) is 5.80. The van der Waals surface area contributed by atoms with Gasteiger partial charge in [-0.1, -0.05) is 45.0 Å². The van der Waals surface area contributed by atoms with Crippen LogP contribution in [0.5, 0.6) is 5.75 Å². The predicted molar refractivity (Wildman–Crippen MR) is 98.6 cm³/mol. The largest absolute Gasteiger partial charge is 0.508 e. The third kappa shape index (κ3) is 5.64. The van der Waals surface area contributed by atoms with Crippen LogP contribution in [0.4, 0.5) is 5.69 Å². The minimum atomic E-state index is -0.686. The molecule has 2 aromatic carbocycles. The SMILES string of the molecule is CC(C)(C)c1ccc(NC(=O)C(=O)NCCc2ccc(O)cc2)cc1. The molecule has 0 unspecified atom stereocenters. The Bertz CT molecular complexity index is 729. The van der Waals surface area contributed by atoms with Crippen LogP contribution in [-0.4, -0.2) is 23.5 Å². The molecule has 3 N–H and O–H groups in total. The number of amides is 2. The van der Waals surface area contributed by atoms with E-state index in [1.807, 2.05) is 12.1 Å². The first-order chi connectivity index (χ1) is 11.8. The lowest BCUT2D eigenvalue weighted by molar-refractivity contribution is -0.136. The van der Waals surface area contributed by atoms with Crippen LogP contribution in [0.3, 0.4) is 0 Å². The molecule has 0 saturated carbocycles. The molecule has 0 bridgehead atoms. The summed E-state index contributed by atoms with van der Waals surface area (Å²) < 4.78 is 0. The van der Waals surface area contributed by atoms with Crippen molar-refractivity contribution in [3.63, 3.8) is 0 Å². The second-order valence-electron chi connectivity index (χ2n) is 6.95. The second-order valence-corrected chi connectivity index (χ2v) is 6.95. The number of nitrogens with one attached hydrogen (secondary N) is 2. The summed E-state index contributed by atoms with van der Waals surface area (Å²) in [5.41, 5.74) is 2.75. The molecule has 5 nitrogen and oxygen atoms in total. The van der Waals surface area contributed by atoms with Crippen LogP contribution in [0.1, 0.15) is 31.9 Å². The molecule has 132 valence electrons. The topological polar surface area (TPSA) is 78.4 Å². The van der Waals surface area contributed by atoms with Crippen molar-refractivity contribution in [3.05, 3.63) is 59.7 Å². The first-order valence-electron chi connectivity index (χ1n) is 8.23. The Balaban J connectivity index is 1.81. The van der Waals surface area contributed by atoms with Crippen molar-refractivity contribution >= 4 is 17.5 Å². The van der Waals surface area contributed by atoms with Gasteiger partial charge in [-0.25, -0.2) is 0 Å². The number of phenols is 1. The summed E-state index contributed by atoms with van der Waals surface area (Å²) in [5.74, 6) is -1.16. The Morgan fingerprint density at radius 3 is 2.08 bits per heavy atom. The maximum absolute atomic E-state index is 11.9. The average molecular weight is 340 g/mol. The van der Waals surface area contributed by atoms with E-state index in [0.29, 0.717) is 18.7 Å². The van der Waals surface area contributed by atoms with Crippen molar-refractivity contribution in [1.82, 2.24) is 5.32 Å². The first kappa shape index (κ1) is 18.5. The fourth-order valence-corrected chi connectivity index (χ4v) is 2.30. The number of phenolic OH excluding ortho intramolecular Hbond substituents is 1. The number of aromatic hydroxyl groups is 1. The highest BCUT2D eigenvalue weighted by Crippen LogP contribution is 2.23. The lowest BCUT2D eigenvalue weighted by Crippen LogP contribution is -2.36. The predicted octanol–water partition coefficient (Wildman–Crippen LogP) is 2.99. The number of carbonyl (C=O) groups excluding carboxylic acids is 2. The van der Waals surface area contributed by atoms with Gasteiger partial charge in [0, 0.05) is 12.2 Å². The first-order valence-corrected chi connectivity index (χ1v) is 8.23. The Morgan fingerprint density at radius 1 is 0.920 bits per heavy atom. The standard InChI is InChI=1S/C20H24N2O3/c1-20(2,3)15-6-8-16(9-7-15)22-19(25)18(24)21-13-12-14-4-10-17(23)11-5-14/h4-11,23H,12-13H2,1-3H3,(H,21,24)(H,22,25). The van der Waals surface area contributed by atoms with Gasteiger partial charge in [0.1, 0.15) is 5.75 Å². The maximum Gasteiger partial charge on any atom is 0.313 e. The van der Waals surface area contributed by atoms with E-state index in [9.17, 15) is 14.7 Å². The minimum Gasteiger partial charge on any atom is -0.508 e. The van der Waals surface area contributed by atoms with E-state index in [1.54, 1.807) is 36.4 Å². The van der Waals surface area contributed by atoms with Crippen molar-refractivity contribution in [2.45, 2.75) is 32.6 Å². The molecule has 0 saturated heterocycles. The van der Waals surface area contributed by atoms with Gasteiger partial charge in [-0.05, 0) is 47.2 Å². The quantitative estimate of drug-likeness (QED) is 0.749. The number of hydrogen-bond donors (Lipinski definition) is 3. The number of anilines is 1. The summed E-state index contributed by atoms with van der Waals surface area (Å²) in [6.07, 6.45) is 0.583. The molecular weight excluding hydrogens is 316 g/mol. The second kappa shape index (κ2) is 7.83. The van der Waals surface area contributed by atoms with Gasteiger partial charge in [0.15, 0.2) is 0 Å². The molecule has 2 rings (SSSR count). The van der Waals surface area contributed by atoms with Crippen molar-refractivity contribution in [1.29, 1.82) is 0 Å². The van der Waals surface area contributed by atoms with Crippen LogP contribution < -0.4 is 10.6 Å². The van der Waals surface area contributed by atoms with Crippen LogP contribution in [0.15, 0.2) is 48.5 Å². The molecule has 0 aliphatic heterocycles. The average Bonchev–Trinajstić information content (AvgIpc) is 2.56. The van der Waals surface area contributed by atoms with Crippen LogP contribution in [0, 0.1) is 0 Å². The molecule has 0 atom stereocenters. The summed E-state index contributed by atoms with van der Waals surface area (Å²) in [4.78, 5) is 23.8. The van der Waals surface area contributed by atoms with Gasteiger partial charge in [-0.15, -0.1) is 0 Å². The third-order valence-electron chi connectivity index (χ3n) is 3.85. The van der Waals surface area contributed by atoms with Crippen LogP contribution in [0.2, 0.25) is 0 Å². The zero-order valence-electron chi connectivity index (χ0n) is 14.8. The van der Waals surface area contributed by atoms with Crippen LogP contribution >= 0.6 is 0 Å². The molecule has 0 radical (unpaired) electrons. The van der Waals surface area contributed by atoms with Crippen LogP contribution in [-0.2, 0) is 21.4 Å². The number of hydrogen-bond acceptors (Lipinski definition) is 3. The van der Waals surface area contributed by atoms with E-state index in [-0.39, 0.29) is 11.2 Å². The zero-order valence-corrected chi connectivity index (χ0v) is 14.8. The summed E-state index contributed by atoms with van der Waals surface area (Å²) in [6, 6.07) is 14.2. The monoisotopic (exact) mass is 340 g/mol. The van der Waals surface area contributed by atoms with Gasteiger partial charge in [0.25, 0.3) is 0 Å². The fraction of sp³-hybridized carbons (Fsp3) is 0.300. The lowest BCUT2D eigenvalue weighted by Gasteiger charge is -2.19. The van der Waals surface area contributed by atoms with Gasteiger partial charge < -0.3 is 15.7 Å². The molecule has 0 heterocycles. The normalized spacial score (nSPS) is 11.0. The van der Waals surface area contributed by atoms with Gasteiger partial charge in [-0.2, -0.15) is 0 Å². The number of benzene rings is 2. The fourth-order valence-electron chi connectivity index (χ4n) is 2.30. The Morgan fingerprint density at radius 2 is 1.52 bits per heavy atom. The summed E-state index contributed by atoms with van der Waals surface area (Å²) >= 11 is 0. The summed E-state index contributed by atoms with van der Waals surface area (Å²) in [6.45, 7) is 6.69. The van der Waals surface area contributed by atoms with Gasteiger partial charge >= 0.3 is 11.8 Å². The Labute approximate surface area is 148 Å². The van der Waals surface area contributed by atoms with Gasteiger partial charge in [0.05, 0.1) is 0 Å². The van der Waals surface area contributed by atoms with E-state index in [2.05, 4.69) is 31.4 Å². The smallest absolute Gasteiger partial charge is 0.313 e. The third-order valence-corrected chi connectivity index (χ3v) is 3.85. The molecule has 0 spiro atoms. The van der Waals surface area contributed by atoms with Crippen molar-refractivity contribution in [2.75, 3.05) is 11.9 Å². The molecule has 0 fully saturated rings. The van der Waals surface area contributed by atoms with E-state index in [0.717, 1.165) is 11.1 Å². The Hall–Kier alpha value is -2.82. The molecule has 2 aromatic rings. The van der Waals surface area contributed by atoms with Crippen LogP contribution in [0.25, 0.3) is 0 Å². The minimum absolute atomic E-state index is 0.0359.